The van der Waals surface area contributed by atoms with Crippen molar-refractivity contribution in [2.75, 3.05) is 50.1 Å². The van der Waals surface area contributed by atoms with Crippen molar-refractivity contribution < 1.29 is 18.4 Å². The number of hydrogen-bond donors (Lipinski definition) is 1. The largest absolute Gasteiger partial charge is 0.381 e. The highest BCUT2D eigenvalue weighted by Crippen LogP contribution is 2.38. The van der Waals surface area contributed by atoms with E-state index in [-0.39, 0.29) is 46.3 Å². The van der Waals surface area contributed by atoms with Crippen LogP contribution in [0.15, 0.2) is 48.5 Å². The molecule has 228 valence electrons. The lowest BCUT2D eigenvalue weighted by molar-refractivity contribution is -0.383. The van der Waals surface area contributed by atoms with Crippen molar-refractivity contribution in [1.82, 2.24) is 14.9 Å². The molecule has 1 atom stereocenters. The van der Waals surface area contributed by atoms with Crippen molar-refractivity contribution in [3.8, 4) is 0 Å². The van der Waals surface area contributed by atoms with Crippen molar-refractivity contribution >= 4 is 28.9 Å². The van der Waals surface area contributed by atoms with Gasteiger partial charge in [-0.3, -0.25) is 15.0 Å². The smallest absolute Gasteiger partial charge is 0.353 e. The summed E-state index contributed by atoms with van der Waals surface area (Å²) in [5, 5.41) is 14.5. The van der Waals surface area contributed by atoms with Gasteiger partial charge in [-0.25, -0.2) is 8.78 Å². The average molecular weight is 605 g/mol. The van der Waals surface area contributed by atoms with Crippen LogP contribution >= 0.6 is 11.6 Å². The van der Waals surface area contributed by atoms with Crippen LogP contribution in [0, 0.1) is 21.7 Å². The van der Waals surface area contributed by atoms with Gasteiger partial charge in [0.2, 0.25) is 16.9 Å². The first-order valence-corrected chi connectivity index (χ1v) is 14.7. The molecular weight excluding hydrogens is 566 g/mol. The third-order valence-corrected chi connectivity index (χ3v) is 7.25. The molecule has 1 aromatic heterocycles. The maximum Gasteiger partial charge on any atom is 0.353 e. The molecule has 2 aromatic carbocycles. The second-order valence-corrected chi connectivity index (χ2v) is 9.93. The molecule has 2 aliphatic rings. The van der Waals surface area contributed by atoms with Crippen LogP contribution in [0.3, 0.4) is 0 Å². The lowest BCUT2D eigenvalue weighted by atomic mass is 9.95. The number of nitro groups is 1. The third kappa shape index (κ3) is 8.33. The lowest BCUT2D eigenvalue weighted by Crippen LogP contribution is -2.54. The zero-order valence-electron chi connectivity index (χ0n) is 24.5. The highest BCUT2D eigenvalue weighted by Gasteiger charge is 2.37. The molecule has 12 heteroatoms. The van der Waals surface area contributed by atoms with Gasteiger partial charge in [-0.2, -0.15) is 9.97 Å². The molecule has 2 aliphatic heterocycles. The third-order valence-electron chi connectivity index (χ3n) is 7.08. The fourth-order valence-electron chi connectivity index (χ4n) is 5.12. The molecule has 2 fully saturated rings. The number of rotatable bonds is 7. The highest BCUT2D eigenvalue weighted by atomic mass is 35.5. The van der Waals surface area contributed by atoms with Gasteiger partial charge in [-0.1, -0.05) is 45.0 Å². The van der Waals surface area contributed by atoms with Gasteiger partial charge in [0.15, 0.2) is 0 Å². The molecular formula is C30H39ClF2N6O3. The molecule has 3 aromatic rings. The minimum Gasteiger partial charge on any atom is -0.381 e. The van der Waals surface area contributed by atoms with Crippen molar-refractivity contribution in [1.29, 1.82) is 0 Å². The fraction of sp³-hybridized carbons (Fsp3) is 0.467. The first-order valence-electron chi connectivity index (χ1n) is 14.3. The Kier molecular flexibility index (Phi) is 12.8. The number of anilines is 2. The summed E-state index contributed by atoms with van der Waals surface area (Å²) in [6.07, 6.45) is 3.24. The van der Waals surface area contributed by atoms with Crippen molar-refractivity contribution in [2.24, 2.45) is 0 Å². The van der Waals surface area contributed by atoms with E-state index in [0.29, 0.717) is 26.1 Å². The standard InChI is InChI=1S/C24H25ClF2N6O2.C4H8O.C2H6/c1-3-19-14-31(12-13-32(19)23-21(33(34)35)22(28-2)29-24(25)30-23)20(15-4-8-17(26)9-5-15)16-6-10-18(27)11-7-16;1-2-4-5-3-1;1-2/h4-11,19-20H,3,12-14H2,1-2H3,(H,28,29,30);1-4H2;1-2H3. The van der Waals surface area contributed by atoms with Crippen molar-refractivity contribution in [3.05, 3.63) is 86.7 Å². The van der Waals surface area contributed by atoms with Gasteiger partial charge in [0.1, 0.15) is 11.6 Å². The van der Waals surface area contributed by atoms with E-state index >= 15 is 0 Å². The van der Waals surface area contributed by atoms with Crippen LogP contribution in [-0.4, -0.2) is 65.7 Å². The van der Waals surface area contributed by atoms with E-state index in [2.05, 4.69) is 20.2 Å². The van der Waals surface area contributed by atoms with Gasteiger partial charge >= 0.3 is 5.69 Å². The summed E-state index contributed by atoms with van der Waals surface area (Å²) in [7, 11) is 1.54. The SMILES string of the molecule is C1CCOC1.CC.CCC1CN(C(c2ccc(F)cc2)c2ccc(F)cc2)CCN1c1nc(Cl)nc(NC)c1[N+](=O)[O-]. The van der Waals surface area contributed by atoms with Crippen molar-refractivity contribution in [2.45, 2.75) is 52.1 Å². The fourth-order valence-corrected chi connectivity index (χ4v) is 5.28. The Morgan fingerprint density at radius 3 is 2.00 bits per heavy atom. The summed E-state index contributed by atoms with van der Waals surface area (Å²) in [4.78, 5) is 23.7. The van der Waals surface area contributed by atoms with Gasteiger partial charge in [-0.05, 0) is 66.3 Å². The van der Waals surface area contributed by atoms with Gasteiger partial charge in [0.05, 0.1) is 11.0 Å². The van der Waals surface area contributed by atoms with E-state index < -0.39 is 4.92 Å². The minimum atomic E-state index is -0.504. The zero-order chi connectivity index (χ0) is 30.6. The van der Waals surface area contributed by atoms with Gasteiger partial charge in [0, 0.05) is 45.9 Å². The Morgan fingerprint density at radius 1 is 1.02 bits per heavy atom. The molecule has 3 heterocycles. The molecule has 1 N–H and O–H groups in total. The first-order chi connectivity index (χ1) is 20.3. The van der Waals surface area contributed by atoms with Crippen LogP contribution < -0.4 is 10.2 Å². The van der Waals surface area contributed by atoms with Crippen LogP contribution in [0.1, 0.15) is 57.2 Å². The molecule has 0 spiro atoms. The number of hydrogen-bond acceptors (Lipinski definition) is 8. The van der Waals surface area contributed by atoms with E-state index in [9.17, 15) is 18.9 Å². The molecule has 0 bridgehead atoms. The number of aromatic nitrogens is 2. The lowest BCUT2D eigenvalue weighted by Gasteiger charge is -2.45. The maximum absolute atomic E-state index is 13.6. The Balaban J connectivity index is 0.000000615. The number of ether oxygens (including phenoxy) is 1. The topological polar surface area (TPSA) is 96.7 Å². The Hall–Kier alpha value is -3.41. The summed E-state index contributed by atoms with van der Waals surface area (Å²) >= 11 is 6.10. The van der Waals surface area contributed by atoms with Gasteiger partial charge < -0.3 is 15.0 Å². The average Bonchev–Trinajstić information content (AvgIpc) is 3.60. The predicted molar refractivity (Wildman–Crippen MR) is 162 cm³/mol. The van der Waals surface area contributed by atoms with E-state index in [4.69, 9.17) is 16.3 Å². The molecule has 0 radical (unpaired) electrons. The van der Waals surface area contributed by atoms with Crippen molar-refractivity contribution in [3.63, 3.8) is 0 Å². The summed E-state index contributed by atoms with van der Waals surface area (Å²) in [6.45, 7) is 9.52. The summed E-state index contributed by atoms with van der Waals surface area (Å²) in [6, 6.07) is 12.2. The number of nitrogens with one attached hydrogen (secondary N) is 1. The van der Waals surface area contributed by atoms with Crippen LogP contribution in [0.5, 0.6) is 0 Å². The van der Waals surface area contributed by atoms with Crippen LogP contribution in [0.2, 0.25) is 5.28 Å². The van der Waals surface area contributed by atoms with E-state index in [1.807, 2.05) is 25.7 Å². The van der Waals surface area contributed by atoms with E-state index in [1.165, 1.54) is 37.1 Å². The second-order valence-electron chi connectivity index (χ2n) is 9.60. The monoisotopic (exact) mass is 604 g/mol. The minimum absolute atomic E-state index is 0.0535. The molecule has 9 nitrogen and oxygen atoms in total. The maximum atomic E-state index is 13.6. The van der Waals surface area contributed by atoms with Gasteiger partial charge in [0.25, 0.3) is 0 Å². The molecule has 0 aliphatic carbocycles. The quantitative estimate of drug-likeness (QED) is 0.177. The number of halogens is 3. The second kappa shape index (κ2) is 16.3. The van der Waals surface area contributed by atoms with Crippen LogP contribution in [-0.2, 0) is 4.74 Å². The Bertz CT molecular complexity index is 1230. The van der Waals surface area contributed by atoms with E-state index in [1.54, 1.807) is 31.3 Å². The van der Waals surface area contributed by atoms with E-state index in [0.717, 1.165) is 24.3 Å². The van der Waals surface area contributed by atoms with Crippen LogP contribution in [0.4, 0.5) is 26.1 Å². The highest BCUT2D eigenvalue weighted by molar-refractivity contribution is 6.28. The molecule has 2 saturated heterocycles. The first kappa shape index (κ1) is 33.1. The molecule has 5 rings (SSSR count). The summed E-state index contributed by atoms with van der Waals surface area (Å²) in [5.74, 6) is -0.448. The number of nitrogens with zero attached hydrogens (tertiary/aromatic N) is 5. The van der Waals surface area contributed by atoms with Gasteiger partial charge in [-0.15, -0.1) is 0 Å². The van der Waals surface area contributed by atoms with Crippen LogP contribution in [0.25, 0.3) is 0 Å². The zero-order valence-corrected chi connectivity index (χ0v) is 25.3. The summed E-state index contributed by atoms with van der Waals surface area (Å²) < 4.78 is 32.2. The Labute approximate surface area is 251 Å². The predicted octanol–water partition coefficient (Wildman–Crippen LogP) is 6.87. The number of piperazine rings is 1. The molecule has 1 unspecified atom stereocenters. The molecule has 0 amide bonds. The summed E-state index contributed by atoms with van der Waals surface area (Å²) in [5.41, 5.74) is 1.52. The number of benzene rings is 2. The normalized spacial score (nSPS) is 16.8. The molecule has 0 saturated carbocycles. The Morgan fingerprint density at radius 2 is 1.57 bits per heavy atom. The molecule has 42 heavy (non-hydrogen) atoms.